The van der Waals surface area contributed by atoms with Crippen molar-refractivity contribution < 1.29 is 19.4 Å². The predicted molar refractivity (Wildman–Crippen MR) is 95.1 cm³/mol. The molecule has 1 amide bonds. The number of hydrogen-bond acceptors (Lipinski definition) is 5. The third-order valence-corrected chi connectivity index (χ3v) is 3.45. The summed E-state index contributed by atoms with van der Waals surface area (Å²) in [5, 5.41) is 14.4. The first kappa shape index (κ1) is 23.0. The molecule has 0 aromatic rings. The van der Waals surface area contributed by atoms with Crippen LogP contribution in [-0.2, 0) is 9.53 Å². The highest BCUT2D eigenvalue weighted by Crippen LogP contribution is 2.14. The monoisotopic (exact) mass is 357 g/mol. The minimum atomic E-state index is -1.15. The highest BCUT2D eigenvalue weighted by Gasteiger charge is 2.23. The van der Waals surface area contributed by atoms with Gasteiger partial charge in [-0.2, -0.15) is 0 Å². The van der Waals surface area contributed by atoms with Gasteiger partial charge in [0.1, 0.15) is 11.6 Å². The van der Waals surface area contributed by atoms with E-state index in [-0.39, 0.29) is 13.0 Å². The van der Waals surface area contributed by atoms with Crippen LogP contribution in [0.2, 0.25) is 0 Å². The lowest BCUT2D eigenvalue weighted by Gasteiger charge is -2.21. The number of carboxylic acid groups (broad SMARTS) is 1. The molecule has 0 saturated heterocycles. The van der Waals surface area contributed by atoms with Crippen LogP contribution >= 0.6 is 0 Å². The fourth-order valence-corrected chi connectivity index (χ4v) is 2.25. The summed E-state index contributed by atoms with van der Waals surface area (Å²) in [7, 11) is 0. The van der Waals surface area contributed by atoms with Crippen molar-refractivity contribution in [2.45, 2.75) is 83.4 Å². The SMILES string of the molecule is CC(C)(C)OC(=O)NC(CCCN=[N+]=[N-])C(=O)O.NC1CCCCC1. The Bertz CT molecular complexity index is 452. The van der Waals surface area contributed by atoms with E-state index < -0.39 is 23.7 Å². The van der Waals surface area contributed by atoms with Crippen molar-refractivity contribution in [2.24, 2.45) is 10.8 Å². The number of alkyl carbamates (subject to hydrolysis) is 1. The smallest absolute Gasteiger partial charge is 0.408 e. The lowest BCUT2D eigenvalue weighted by atomic mass is 9.97. The van der Waals surface area contributed by atoms with Crippen LogP contribution in [-0.4, -0.2) is 41.4 Å². The van der Waals surface area contributed by atoms with Crippen molar-refractivity contribution in [2.75, 3.05) is 6.54 Å². The van der Waals surface area contributed by atoms with E-state index >= 15 is 0 Å². The maximum atomic E-state index is 11.4. The highest BCUT2D eigenvalue weighted by atomic mass is 16.6. The zero-order chi connectivity index (χ0) is 19.3. The molecular formula is C16H31N5O4. The van der Waals surface area contributed by atoms with Crippen LogP contribution in [0.3, 0.4) is 0 Å². The number of carbonyl (C=O) groups excluding carboxylic acids is 1. The lowest BCUT2D eigenvalue weighted by Crippen LogP contribution is -2.43. The Kier molecular flexibility index (Phi) is 11.4. The van der Waals surface area contributed by atoms with Crippen molar-refractivity contribution >= 4 is 12.1 Å². The van der Waals surface area contributed by atoms with E-state index in [0.29, 0.717) is 12.5 Å². The van der Waals surface area contributed by atoms with Gasteiger partial charge in [-0.3, -0.25) is 0 Å². The topological polar surface area (TPSA) is 150 Å². The standard InChI is InChI=1S/C10H18N4O4.C6H13N/c1-10(2,3)18-9(17)13-7(8(15)16)5-4-6-12-14-11;7-6-4-2-1-3-5-6/h7H,4-6H2,1-3H3,(H,13,17)(H,15,16);6H,1-5,7H2. The molecule has 1 rings (SSSR count). The molecule has 0 aromatic carbocycles. The maximum absolute atomic E-state index is 11.4. The Labute approximate surface area is 148 Å². The van der Waals surface area contributed by atoms with Crippen molar-refractivity contribution in [1.29, 1.82) is 0 Å². The number of carbonyl (C=O) groups is 2. The summed E-state index contributed by atoms with van der Waals surface area (Å²) >= 11 is 0. The minimum absolute atomic E-state index is 0.174. The summed E-state index contributed by atoms with van der Waals surface area (Å²) < 4.78 is 4.95. The molecule has 0 aliphatic heterocycles. The third-order valence-electron chi connectivity index (χ3n) is 3.45. The fourth-order valence-electron chi connectivity index (χ4n) is 2.25. The molecule has 4 N–H and O–H groups in total. The second-order valence-corrected chi connectivity index (χ2v) is 7.03. The first-order valence-electron chi connectivity index (χ1n) is 8.64. The normalized spacial score (nSPS) is 15.8. The summed E-state index contributed by atoms with van der Waals surface area (Å²) in [6.07, 6.45) is 6.43. The zero-order valence-corrected chi connectivity index (χ0v) is 15.4. The van der Waals surface area contributed by atoms with Gasteiger partial charge in [0.15, 0.2) is 0 Å². The molecule has 9 nitrogen and oxygen atoms in total. The maximum Gasteiger partial charge on any atom is 0.408 e. The molecule has 0 aromatic heterocycles. The van der Waals surface area contributed by atoms with E-state index in [1.165, 1.54) is 32.1 Å². The summed E-state index contributed by atoms with van der Waals surface area (Å²) in [5.41, 5.74) is 13.0. The number of amides is 1. The van der Waals surface area contributed by atoms with Gasteiger partial charge in [-0.15, -0.1) is 0 Å². The van der Waals surface area contributed by atoms with E-state index in [1.807, 2.05) is 0 Å². The second-order valence-electron chi connectivity index (χ2n) is 7.03. The van der Waals surface area contributed by atoms with Crippen LogP contribution in [0.15, 0.2) is 5.11 Å². The number of nitrogens with two attached hydrogens (primary N) is 1. The van der Waals surface area contributed by atoms with E-state index in [2.05, 4.69) is 15.3 Å². The quantitative estimate of drug-likeness (QED) is 0.288. The molecule has 144 valence electrons. The van der Waals surface area contributed by atoms with Crippen LogP contribution in [0.1, 0.15) is 65.7 Å². The Morgan fingerprint density at radius 3 is 2.36 bits per heavy atom. The van der Waals surface area contributed by atoms with Gasteiger partial charge in [-0.25, -0.2) is 9.59 Å². The molecule has 1 aliphatic rings. The van der Waals surface area contributed by atoms with Crippen molar-refractivity contribution in [3.8, 4) is 0 Å². The molecule has 0 radical (unpaired) electrons. The molecule has 25 heavy (non-hydrogen) atoms. The minimum Gasteiger partial charge on any atom is -0.480 e. The summed E-state index contributed by atoms with van der Waals surface area (Å²) in [5.74, 6) is -1.15. The van der Waals surface area contributed by atoms with E-state index in [4.69, 9.17) is 21.1 Å². The van der Waals surface area contributed by atoms with Gasteiger partial charge in [0.2, 0.25) is 0 Å². The number of aliphatic carboxylic acids is 1. The van der Waals surface area contributed by atoms with Crippen molar-refractivity contribution in [1.82, 2.24) is 5.32 Å². The van der Waals surface area contributed by atoms with Crippen LogP contribution in [0.5, 0.6) is 0 Å². The van der Waals surface area contributed by atoms with E-state index in [9.17, 15) is 9.59 Å². The number of nitrogens with zero attached hydrogens (tertiary/aromatic N) is 3. The summed E-state index contributed by atoms with van der Waals surface area (Å²) in [4.78, 5) is 24.8. The van der Waals surface area contributed by atoms with Crippen LogP contribution in [0.4, 0.5) is 4.79 Å². The lowest BCUT2D eigenvalue weighted by molar-refractivity contribution is -0.139. The molecular weight excluding hydrogens is 326 g/mol. The average Bonchev–Trinajstić information content (AvgIpc) is 2.49. The zero-order valence-electron chi connectivity index (χ0n) is 15.4. The van der Waals surface area contributed by atoms with Gasteiger partial charge >= 0.3 is 12.1 Å². The molecule has 1 fully saturated rings. The molecule has 9 heteroatoms. The third kappa shape index (κ3) is 14.1. The van der Waals surface area contributed by atoms with Crippen LogP contribution < -0.4 is 11.1 Å². The van der Waals surface area contributed by atoms with Gasteiger partial charge in [0.25, 0.3) is 0 Å². The van der Waals surface area contributed by atoms with Crippen LogP contribution in [0.25, 0.3) is 10.4 Å². The first-order valence-corrected chi connectivity index (χ1v) is 8.64. The number of ether oxygens (including phenoxy) is 1. The second kappa shape index (κ2) is 12.4. The van der Waals surface area contributed by atoms with Gasteiger partial charge < -0.3 is 20.9 Å². The predicted octanol–water partition coefficient (Wildman–Crippen LogP) is 3.33. The largest absolute Gasteiger partial charge is 0.480 e. The number of hydrogen-bond donors (Lipinski definition) is 3. The molecule has 0 bridgehead atoms. The van der Waals surface area contributed by atoms with Gasteiger partial charge in [0.05, 0.1) is 0 Å². The number of carboxylic acids is 1. The number of nitrogens with one attached hydrogen (secondary N) is 1. The number of rotatable bonds is 6. The van der Waals surface area contributed by atoms with Crippen LogP contribution in [0, 0.1) is 0 Å². The molecule has 1 saturated carbocycles. The first-order chi connectivity index (χ1) is 11.7. The van der Waals surface area contributed by atoms with Gasteiger partial charge in [-0.05, 0) is 52.0 Å². The van der Waals surface area contributed by atoms with E-state index in [1.54, 1.807) is 20.8 Å². The molecule has 1 aliphatic carbocycles. The Hall–Kier alpha value is -1.99. The number of azide groups is 1. The fraction of sp³-hybridized carbons (Fsp3) is 0.875. The van der Waals surface area contributed by atoms with Crippen molar-refractivity contribution in [3.05, 3.63) is 10.4 Å². The summed E-state index contributed by atoms with van der Waals surface area (Å²) in [6, 6.07) is -0.512. The molecule has 1 unspecified atom stereocenters. The molecule has 0 spiro atoms. The molecule has 0 heterocycles. The average molecular weight is 357 g/mol. The molecule has 1 atom stereocenters. The van der Waals surface area contributed by atoms with E-state index in [0.717, 1.165) is 0 Å². The van der Waals surface area contributed by atoms with Crippen molar-refractivity contribution in [3.63, 3.8) is 0 Å². The summed E-state index contributed by atoms with van der Waals surface area (Å²) in [6.45, 7) is 5.24. The van der Waals surface area contributed by atoms with Gasteiger partial charge in [0, 0.05) is 17.5 Å². The Morgan fingerprint density at radius 2 is 1.96 bits per heavy atom. The van der Waals surface area contributed by atoms with Gasteiger partial charge in [-0.1, -0.05) is 24.4 Å². The Morgan fingerprint density at radius 1 is 1.36 bits per heavy atom. The Balaban J connectivity index is 0.000000676. The highest BCUT2D eigenvalue weighted by molar-refractivity contribution is 5.79.